The molecule has 3 N–H and O–H groups in total. The van der Waals surface area contributed by atoms with Gasteiger partial charge in [0, 0.05) is 0 Å². The minimum Gasteiger partial charge on any atom is -0.491 e. The predicted octanol–water partition coefficient (Wildman–Crippen LogP) is 4.13. The lowest BCUT2D eigenvalue weighted by atomic mass is 10.2. The van der Waals surface area contributed by atoms with Crippen molar-refractivity contribution in [2.75, 3.05) is 17.7 Å². The summed E-state index contributed by atoms with van der Waals surface area (Å²) in [5.74, 6) is 2.52. The predicted molar refractivity (Wildman–Crippen MR) is 82.1 cm³/mol. The summed E-state index contributed by atoms with van der Waals surface area (Å²) in [7, 11) is 0. The molecule has 0 spiro atoms. The third-order valence-electron chi connectivity index (χ3n) is 3.09. The topological polar surface area (TPSA) is 60.4 Å². The number of rotatable bonds is 6. The molecule has 0 bridgehead atoms. The van der Waals surface area contributed by atoms with Crippen LogP contribution >= 0.6 is 0 Å². The van der Waals surface area contributed by atoms with Crippen molar-refractivity contribution in [3.63, 3.8) is 0 Å². The molecule has 0 saturated carbocycles. The van der Waals surface area contributed by atoms with Crippen molar-refractivity contribution in [2.45, 2.75) is 33.2 Å². The number of nitrogen functional groups attached to an aromatic ring is 1. The summed E-state index contributed by atoms with van der Waals surface area (Å²) in [6.45, 7) is 6.71. The Balaban J connectivity index is 2.12. The number of ether oxygens (including phenoxy) is 1. The Bertz CT molecular complexity index is 563. The molecule has 20 heavy (non-hydrogen) atoms. The molecule has 0 aliphatic carbocycles. The first-order chi connectivity index (χ1) is 9.61. The van der Waals surface area contributed by atoms with Gasteiger partial charge in [0.1, 0.15) is 17.3 Å². The summed E-state index contributed by atoms with van der Waals surface area (Å²) >= 11 is 0. The molecule has 1 heterocycles. The molecule has 2 rings (SSSR count). The number of nitrogens with one attached hydrogen (secondary N) is 1. The van der Waals surface area contributed by atoms with Gasteiger partial charge in [0.25, 0.3) is 0 Å². The Kier molecular flexibility index (Phi) is 4.56. The van der Waals surface area contributed by atoms with Crippen molar-refractivity contribution in [3.05, 3.63) is 41.9 Å². The van der Waals surface area contributed by atoms with E-state index >= 15 is 0 Å². The molecule has 4 nitrogen and oxygen atoms in total. The van der Waals surface area contributed by atoms with Crippen LogP contribution in [0.3, 0.4) is 0 Å². The van der Waals surface area contributed by atoms with Gasteiger partial charge in [-0.3, -0.25) is 0 Å². The zero-order valence-electron chi connectivity index (χ0n) is 12.3. The van der Waals surface area contributed by atoms with Gasteiger partial charge in [-0.2, -0.15) is 0 Å². The highest BCUT2D eigenvalue weighted by Crippen LogP contribution is 2.32. The average molecular weight is 274 g/mol. The summed E-state index contributed by atoms with van der Waals surface area (Å²) < 4.78 is 11.2. The molecule has 2 aromatic rings. The van der Waals surface area contributed by atoms with Gasteiger partial charge < -0.3 is 20.2 Å². The van der Waals surface area contributed by atoms with E-state index < -0.39 is 0 Å². The van der Waals surface area contributed by atoms with E-state index in [0.29, 0.717) is 12.3 Å². The van der Waals surface area contributed by atoms with Crippen LogP contribution in [0, 0.1) is 6.92 Å². The van der Waals surface area contributed by atoms with Crippen LogP contribution in [-0.2, 0) is 0 Å². The molecule has 0 radical (unpaired) electrons. The van der Waals surface area contributed by atoms with Gasteiger partial charge in [-0.15, -0.1) is 0 Å². The number of benzene rings is 1. The molecule has 0 fully saturated rings. The molecule has 108 valence electrons. The van der Waals surface area contributed by atoms with E-state index in [9.17, 15) is 0 Å². The standard InChI is InChI=1S/C16H22N2O2/c1-4-10-19-15-7-5-6-13(16(15)17)18-12(3)14-9-8-11(2)20-14/h5-9,12,18H,4,10,17H2,1-3H3. The van der Waals surface area contributed by atoms with E-state index in [2.05, 4.69) is 12.2 Å². The van der Waals surface area contributed by atoms with Crippen molar-refractivity contribution in [3.8, 4) is 5.75 Å². The van der Waals surface area contributed by atoms with Crippen LogP contribution in [0.15, 0.2) is 34.7 Å². The van der Waals surface area contributed by atoms with Gasteiger partial charge in [-0.25, -0.2) is 0 Å². The maximum absolute atomic E-state index is 6.14. The lowest BCUT2D eigenvalue weighted by Gasteiger charge is -2.17. The maximum Gasteiger partial charge on any atom is 0.144 e. The monoisotopic (exact) mass is 274 g/mol. The first-order valence-electron chi connectivity index (χ1n) is 6.96. The van der Waals surface area contributed by atoms with E-state index in [1.54, 1.807) is 0 Å². The van der Waals surface area contributed by atoms with Crippen LogP contribution in [0.4, 0.5) is 11.4 Å². The number of anilines is 2. The third-order valence-corrected chi connectivity index (χ3v) is 3.09. The summed E-state index contributed by atoms with van der Waals surface area (Å²) in [6.07, 6.45) is 0.958. The van der Waals surface area contributed by atoms with E-state index in [-0.39, 0.29) is 6.04 Å². The van der Waals surface area contributed by atoms with Crippen LogP contribution < -0.4 is 15.8 Å². The molecular weight excluding hydrogens is 252 g/mol. The second-order valence-electron chi connectivity index (χ2n) is 4.88. The SMILES string of the molecule is CCCOc1cccc(NC(C)c2ccc(C)o2)c1N. The minimum absolute atomic E-state index is 0.0485. The Morgan fingerprint density at radius 2 is 2.10 bits per heavy atom. The molecule has 0 amide bonds. The fourth-order valence-corrected chi connectivity index (χ4v) is 2.00. The molecule has 1 unspecified atom stereocenters. The first-order valence-corrected chi connectivity index (χ1v) is 6.96. The van der Waals surface area contributed by atoms with Crippen LogP contribution in [0.5, 0.6) is 5.75 Å². The van der Waals surface area contributed by atoms with E-state index in [4.69, 9.17) is 14.9 Å². The van der Waals surface area contributed by atoms with Gasteiger partial charge in [0.2, 0.25) is 0 Å². The normalized spacial score (nSPS) is 12.2. The number of nitrogens with two attached hydrogens (primary N) is 1. The molecule has 1 aromatic heterocycles. The van der Waals surface area contributed by atoms with Crippen molar-refractivity contribution in [1.29, 1.82) is 0 Å². The van der Waals surface area contributed by atoms with Crippen molar-refractivity contribution in [2.24, 2.45) is 0 Å². The Morgan fingerprint density at radius 3 is 2.75 bits per heavy atom. The lowest BCUT2D eigenvalue weighted by molar-refractivity contribution is 0.319. The number of hydrogen-bond acceptors (Lipinski definition) is 4. The van der Waals surface area contributed by atoms with Crippen LogP contribution in [0.25, 0.3) is 0 Å². The highest BCUT2D eigenvalue weighted by molar-refractivity contribution is 5.73. The fraction of sp³-hybridized carbons (Fsp3) is 0.375. The average Bonchev–Trinajstić information content (AvgIpc) is 2.86. The molecule has 0 saturated heterocycles. The molecule has 0 aliphatic rings. The Morgan fingerprint density at radius 1 is 1.30 bits per heavy atom. The number of aryl methyl sites for hydroxylation is 1. The minimum atomic E-state index is 0.0485. The van der Waals surface area contributed by atoms with Crippen LogP contribution in [0.1, 0.15) is 37.8 Å². The Labute approximate surface area is 119 Å². The quantitative estimate of drug-likeness (QED) is 0.777. The van der Waals surface area contributed by atoms with Gasteiger partial charge in [-0.05, 0) is 44.5 Å². The van der Waals surface area contributed by atoms with Crippen molar-refractivity contribution < 1.29 is 9.15 Å². The number of hydrogen-bond donors (Lipinski definition) is 2. The van der Waals surface area contributed by atoms with Gasteiger partial charge in [-0.1, -0.05) is 13.0 Å². The maximum atomic E-state index is 6.14. The summed E-state index contributed by atoms with van der Waals surface area (Å²) in [5.41, 5.74) is 7.63. The number of furan rings is 1. The van der Waals surface area contributed by atoms with Gasteiger partial charge in [0.05, 0.1) is 24.0 Å². The fourth-order valence-electron chi connectivity index (χ4n) is 2.00. The largest absolute Gasteiger partial charge is 0.491 e. The molecular formula is C16H22N2O2. The van der Waals surface area contributed by atoms with Gasteiger partial charge >= 0.3 is 0 Å². The zero-order chi connectivity index (χ0) is 14.5. The highest BCUT2D eigenvalue weighted by Gasteiger charge is 2.12. The van der Waals surface area contributed by atoms with E-state index in [0.717, 1.165) is 29.4 Å². The summed E-state index contributed by atoms with van der Waals surface area (Å²) in [4.78, 5) is 0. The zero-order valence-corrected chi connectivity index (χ0v) is 12.3. The third kappa shape index (κ3) is 3.26. The number of para-hydroxylation sites is 1. The molecule has 4 heteroatoms. The first kappa shape index (κ1) is 14.3. The molecule has 0 aliphatic heterocycles. The van der Waals surface area contributed by atoms with Crippen LogP contribution in [-0.4, -0.2) is 6.61 Å². The van der Waals surface area contributed by atoms with Crippen LogP contribution in [0.2, 0.25) is 0 Å². The second-order valence-corrected chi connectivity index (χ2v) is 4.88. The highest BCUT2D eigenvalue weighted by atomic mass is 16.5. The second kappa shape index (κ2) is 6.37. The van der Waals surface area contributed by atoms with Crippen molar-refractivity contribution >= 4 is 11.4 Å². The Hall–Kier alpha value is -2.10. The van der Waals surface area contributed by atoms with E-state index in [1.807, 2.05) is 44.2 Å². The van der Waals surface area contributed by atoms with Gasteiger partial charge in [0.15, 0.2) is 0 Å². The molecule has 1 aromatic carbocycles. The summed E-state index contributed by atoms with van der Waals surface area (Å²) in [5, 5.41) is 3.36. The van der Waals surface area contributed by atoms with Crippen molar-refractivity contribution in [1.82, 2.24) is 0 Å². The lowest BCUT2D eigenvalue weighted by Crippen LogP contribution is -2.08. The summed E-state index contributed by atoms with van der Waals surface area (Å²) in [6, 6.07) is 9.74. The molecule has 1 atom stereocenters. The smallest absolute Gasteiger partial charge is 0.144 e. The van der Waals surface area contributed by atoms with E-state index in [1.165, 1.54) is 0 Å².